The number of carbonyl (C=O) groups is 2. The lowest BCUT2D eigenvalue weighted by molar-refractivity contribution is -0.147. The van der Waals surface area contributed by atoms with Crippen LogP contribution in [0.2, 0.25) is 0 Å². The largest absolute Gasteiger partial charge is 0.472 e. The first kappa shape index (κ1) is 58.9. The molecule has 10 heteroatoms. The lowest BCUT2D eigenvalue weighted by Crippen LogP contribution is -2.27. The molecule has 0 aromatic heterocycles. The Kier molecular flexibility index (Phi) is 44.3. The maximum atomic E-state index is 12.1. The normalized spacial score (nSPS) is 14.5. The molecule has 352 valence electrons. The highest BCUT2D eigenvalue weighted by Gasteiger charge is 2.23. The third-order valence-corrected chi connectivity index (χ3v) is 9.75. The summed E-state index contributed by atoms with van der Waals surface area (Å²) in [5.41, 5.74) is 0. The van der Waals surface area contributed by atoms with E-state index >= 15 is 0 Å². The van der Waals surface area contributed by atoms with Crippen LogP contribution in [0.5, 0.6) is 0 Å². The quantitative estimate of drug-likeness (QED) is 0.0239. The highest BCUT2D eigenvalue weighted by molar-refractivity contribution is 7.47. The zero-order valence-corrected chi connectivity index (χ0v) is 39.6. The molecule has 0 fully saturated rings. The molecule has 0 spiro atoms. The molecule has 2 atom stereocenters. The molecule has 0 aliphatic heterocycles. The van der Waals surface area contributed by atoms with E-state index in [0.717, 1.165) is 109 Å². The predicted molar refractivity (Wildman–Crippen MR) is 265 cm³/mol. The summed E-state index contributed by atoms with van der Waals surface area (Å²) < 4.78 is 26.9. The number of allylic oxidation sites excluding steroid dienone is 24. The van der Waals surface area contributed by atoms with Gasteiger partial charge in [-0.15, -0.1) is 0 Å². The van der Waals surface area contributed by atoms with Crippen molar-refractivity contribution in [2.24, 2.45) is 0 Å². The molecule has 2 unspecified atom stereocenters. The van der Waals surface area contributed by atoms with Crippen LogP contribution in [0.4, 0.5) is 0 Å². The Balaban J connectivity index is 3.78. The number of rotatable bonds is 41. The van der Waals surface area contributed by atoms with E-state index in [1.165, 1.54) is 0 Å². The van der Waals surface area contributed by atoms with E-state index in [2.05, 4.69) is 165 Å². The Hall–Kier alpha value is -4.11. The van der Waals surface area contributed by atoms with E-state index in [-0.39, 0.29) is 32.1 Å². The lowest BCUT2D eigenvalue weighted by atomic mass is 10.1. The Bertz CT molecular complexity index is 1530. The van der Waals surface area contributed by atoms with E-state index < -0.39 is 26.5 Å². The molecule has 0 heterocycles. The van der Waals surface area contributed by atoms with Gasteiger partial charge in [-0.1, -0.05) is 160 Å². The SMILES string of the molecule is CC/C=C\C/C=C\C/C=C\C/C=C\C/C=C\C/C=C\CCCCC(=O)NCCOP(=O)(O)OCC(O)COC(=O)CCCC/C=C\C/C=C\C/C=C\C/C=C\C/C=C\C/C=C\CC. The van der Waals surface area contributed by atoms with Crippen molar-refractivity contribution < 1.29 is 37.9 Å². The molecule has 3 N–H and O–H groups in total. The molecule has 0 aliphatic rings. The van der Waals surface area contributed by atoms with Gasteiger partial charge in [-0.05, 0) is 116 Å². The molecule has 0 bridgehead atoms. The van der Waals surface area contributed by atoms with Gasteiger partial charge in [0.05, 0.1) is 13.2 Å². The highest BCUT2D eigenvalue weighted by Crippen LogP contribution is 2.42. The fourth-order valence-electron chi connectivity index (χ4n) is 5.33. The maximum absolute atomic E-state index is 12.1. The highest BCUT2D eigenvalue weighted by atomic mass is 31.2. The molecule has 0 aromatic rings. The fraction of sp³-hybridized carbons (Fsp3) is 0.509. The van der Waals surface area contributed by atoms with Crippen molar-refractivity contribution in [3.63, 3.8) is 0 Å². The molecule has 0 saturated carbocycles. The summed E-state index contributed by atoms with van der Waals surface area (Å²) in [6, 6.07) is 0. The van der Waals surface area contributed by atoms with E-state index in [1.807, 2.05) is 0 Å². The van der Waals surface area contributed by atoms with Gasteiger partial charge in [0.1, 0.15) is 12.7 Å². The van der Waals surface area contributed by atoms with Crippen molar-refractivity contribution in [1.29, 1.82) is 0 Å². The zero-order valence-electron chi connectivity index (χ0n) is 38.7. The predicted octanol–water partition coefficient (Wildman–Crippen LogP) is 13.7. The van der Waals surface area contributed by atoms with Gasteiger partial charge in [0.25, 0.3) is 0 Å². The van der Waals surface area contributed by atoms with Gasteiger partial charge >= 0.3 is 13.8 Å². The van der Waals surface area contributed by atoms with Crippen LogP contribution in [-0.4, -0.2) is 54.3 Å². The lowest BCUT2D eigenvalue weighted by Gasteiger charge is -2.15. The van der Waals surface area contributed by atoms with Gasteiger partial charge in [0.2, 0.25) is 5.91 Å². The minimum atomic E-state index is -4.46. The number of hydrogen-bond donors (Lipinski definition) is 3. The van der Waals surface area contributed by atoms with E-state index in [1.54, 1.807) is 0 Å². The summed E-state index contributed by atoms with van der Waals surface area (Å²) in [5.74, 6) is -0.620. The van der Waals surface area contributed by atoms with Crippen molar-refractivity contribution in [3.05, 3.63) is 146 Å². The monoisotopic (exact) mass is 892 g/mol. The number of amides is 1. The second kappa shape index (κ2) is 47.4. The summed E-state index contributed by atoms with van der Waals surface area (Å²) in [6.45, 7) is 3.18. The molecule has 0 saturated heterocycles. The number of hydrogen-bond acceptors (Lipinski definition) is 7. The summed E-state index contributed by atoms with van der Waals surface area (Å²) in [4.78, 5) is 34.0. The number of carbonyl (C=O) groups excluding carboxylic acids is 2. The van der Waals surface area contributed by atoms with Gasteiger partial charge in [0.15, 0.2) is 0 Å². The van der Waals surface area contributed by atoms with Crippen molar-refractivity contribution in [3.8, 4) is 0 Å². The Labute approximate surface area is 382 Å². The first-order valence-corrected chi connectivity index (χ1v) is 24.8. The number of phosphoric ester groups is 1. The molecule has 0 radical (unpaired) electrons. The van der Waals surface area contributed by atoms with E-state index in [0.29, 0.717) is 12.8 Å². The van der Waals surface area contributed by atoms with Crippen LogP contribution in [0.1, 0.15) is 142 Å². The van der Waals surface area contributed by atoms with Crippen molar-refractivity contribution in [2.45, 2.75) is 148 Å². The third-order valence-electron chi connectivity index (χ3n) is 8.76. The second-order valence-electron chi connectivity index (χ2n) is 14.6. The topological polar surface area (TPSA) is 131 Å². The maximum Gasteiger partial charge on any atom is 0.472 e. The number of esters is 1. The van der Waals surface area contributed by atoms with Crippen molar-refractivity contribution in [1.82, 2.24) is 5.32 Å². The first-order chi connectivity index (χ1) is 30.8. The Morgan fingerprint density at radius 3 is 1.22 bits per heavy atom. The van der Waals surface area contributed by atoms with Gasteiger partial charge < -0.3 is 20.1 Å². The fourth-order valence-corrected chi connectivity index (χ4v) is 6.08. The van der Waals surface area contributed by atoms with Crippen LogP contribution in [-0.2, 0) is 27.9 Å². The summed E-state index contributed by atoms with van der Waals surface area (Å²) in [6.07, 6.45) is 67.8. The van der Waals surface area contributed by atoms with Gasteiger partial charge in [0, 0.05) is 19.4 Å². The van der Waals surface area contributed by atoms with Gasteiger partial charge in [-0.3, -0.25) is 18.6 Å². The van der Waals surface area contributed by atoms with Crippen LogP contribution in [0, 0.1) is 0 Å². The minimum absolute atomic E-state index is 0.0418. The number of aliphatic hydroxyl groups excluding tert-OH is 1. The van der Waals surface area contributed by atoms with Crippen LogP contribution in [0.25, 0.3) is 0 Å². The Morgan fingerprint density at radius 1 is 0.492 bits per heavy atom. The van der Waals surface area contributed by atoms with Crippen molar-refractivity contribution in [2.75, 3.05) is 26.4 Å². The zero-order chi connectivity index (χ0) is 46.0. The average Bonchev–Trinajstić information content (AvgIpc) is 3.27. The first-order valence-electron chi connectivity index (χ1n) is 23.3. The number of phosphoric acid groups is 1. The molecule has 63 heavy (non-hydrogen) atoms. The molecular formula is C53H82NO8P. The summed E-state index contributed by atoms with van der Waals surface area (Å²) >= 11 is 0. The number of unbranched alkanes of at least 4 members (excludes halogenated alkanes) is 4. The van der Waals surface area contributed by atoms with Crippen LogP contribution < -0.4 is 5.32 Å². The van der Waals surface area contributed by atoms with Crippen molar-refractivity contribution >= 4 is 19.7 Å². The number of ether oxygens (including phenoxy) is 1. The standard InChI is InChI=1S/C53H82NO8P/c1-3-5-7-9-11-13-15-17-19-21-23-25-27-29-31-33-35-37-39-41-43-45-52(56)54-47-48-61-63(58,59)62-50-51(55)49-60-53(57)46-44-42-40-38-36-34-32-30-28-26-24-22-20-18-16-14-12-10-8-6-4-2/h5-8,11-14,17-20,23-26,29-32,35-38,51,55H,3-4,9-10,15-16,21-22,27-28,33-34,39-50H2,1-2H3,(H,54,56)(H,58,59)/b7-5-,8-6-,13-11-,14-12-,19-17-,20-18-,25-23-,26-24-,31-29-,32-30-,37-35-,38-36-. The van der Waals surface area contributed by atoms with Crippen LogP contribution in [0.3, 0.4) is 0 Å². The molecule has 9 nitrogen and oxygen atoms in total. The van der Waals surface area contributed by atoms with E-state index in [4.69, 9.17) is 13.8 Å². The average molecular weight is 892 g/mol. The Morgan fingerprint density at radius 2 is 0.841 bits per heavy atom. The molecule has 0 aromatic carbocycles. The minimum Gasteiger partial charge on any atom is -0.463 e. The molecule has 0 aliphatic carbocycles. The van der Waals surface area contributed by atoms with Gasteiger partial charge in [-0.25, -0.2) is 4.57 Å². The smallest absolute Gasteiger partial charge is 0.463 e. The molecular weight excluding hydrogens is 810 g/mol. The van der Waals surface area contributed by atoms with Crippen LogP contribution in [0.15, 0.2) is 146 Å². The molecule has 0 rings (SSSR count). The molecule has 1 amide bonds. The summed E-state index contributed by atoms with van der Waals surface area (Å²) in [7, 11) is -4.46. The summed E-state index contributed by atoms with van der Waals surface area (Å²) in [5, 5.41) is 12.7. The van der Waals surface area contributed by atoms with Gasteiger partial charge in [-0.2, -0.15) is 0 Å². The van der Waals surface area contributed by atoms with E-state index in [9.17, 15) is 24.2 Å². The van der Waals surface area contributed by atoms with Crippen LogP contribution >= 0.6 is 7.82 Å². The number of nitrogens with one attached hydrogen (secondary N) is 1. The second-order valence-corrected chi connectivity index (χ2v) is 16.1. The third kappa shape index (κ3) is 48.8. The number of aliphatic hydroxyl groups is 1.